The number of hydrogen-bond acceptors (Lipinski definition) is 4. The summed E-state index contributed by atoms with van der Waals surface area (Å²) in [5, 5.41) is 9.75. The Morgan fingerprint density at radius 3 is 2.19 bits per heavy atom. The molecule has 6 heteroatoms. The summed E-state index contributed by atoms with van der Waals surface area (Å²) in [6.45, 7) is 7.49. The standard InChI is InChI=1S/C8H9Cl2N3O.C2H6/c1-2-3-4(14)5-6(9)12-8(11)13-7(5)10;1-2/h2,4,14H,1,3H2,(H2,11,12,13);1-2H3. The number of aliphatic hydroxyl groups excluding tert-OH is 1. The Labute approximate surface area is 105 Å². The Balaban J connectivity index is 0.00000106. The Bertz CT molecular complexity index is 335. The van der Waals surface area contributed by atoms with Crippen LogP contribution in [0.15, 0.2) is 12.7 Å². The van der Waals surface area contributed by atoms with Crippen molar-refractivity contribution in [3.63, 3.8) is 0 Å². The average molecular weight is 264 g/mol. The third-order valence-corrected chi connectivity index (χ3v) is 2.17. The van der Waals surface area contributed by atoms with Crippen molar-refractivity contribution in [2.75, 3.05) is 5.73 Å². The zero-order valence-corrected chi connectivity index (χ0v) is 10.8. The molecule has 0 aliphatic carbocycles. The van der Waals surface area contributed by atoms with Crippen LogP contribution in [0.2, 0.25) is 10.3 Å². The second-order valence-corrected chi connectivity index (χ2v) is 3.33. The highest BCUT2D eigenvalue weighted by Gasteiger charge is 2.17. The predicted octanol–water partition coefficient (Wildman–Crippen LogP) is 3.00. The fourth-order valence-corrected chi connectivity index (χ4v) is 1.63. The summed E-state index contributed by atoms with van der Waals surface area (Å²) >= 11 is 11.5. The lowest BCUT2D eigenvalue weighted by Crippen LogP contribution is -2.04. The third kappa shape index (κ3) is 3.96. The first-order valence-electron chi connectivity index (χ1n) is 4.83. The Kier molecular flexibility index (Phi) is 7.05. The van der Waals surface area contributed by atoms with Crippen LogP contribution >= 0.6 is 23.2 Å². The van der Waals surface area contributed by atoms with E-state index in [2.05, 4.69) is 16.5 Å². The minimum atomic E-state index is -0.854. The molecule has 16 heavy (non-hydrogen) atoms. The van der Waals surface area contributed by atoms with Crippen LogP contribution in [-0.4, -0.2) is 15.1 Å². The molecule has 1 aromatic rings. The van der Waals surface area contributed by atoms with Crippen molar-refractivity contribution in [3.8, 4) is 0 Å². The number of hydrogen-bond donors (Lipinski definition) is 2. The number of nitrogen functional groups attached to an aromatic ring is 1. The van der Waals surface area contributed by atoms with Gasteiger partial charge in [0, 0.05) is 0 Å². The number of aromatic nitrogens is 2. The van der Waals surface area contributed by atoms with E-state index in [1.165, 1.54) is 0 Å². The topological polar surface area (TPSA) is 72.0 Å². The van der Waals surface area contributed by atoms with Crippen molar-refractivity contribution in [2.45, 2.75) is 26.4 Å². The predicted molar refractivity (Wildman–Crippen MR) is 67.6 cm³/mol. The van der Waals surface area contributed by atoms with Gasteiger partial charge in [0.1, 0.15) is 10.3 Å². The van der Waals surface area contributed by atoms with Crippen molar-refractivity contribution in [2.24, 2.45) is 0 Å². The minimum Gasteiger partial charge on any atom is -0.388 e. The zero-order chi connectivity index (χ0) is 12.7. The van der Waals surface area contributed by atoms with Crippen LogP contribution in [0, 0.1) is 0 Å². The molecule has 0 aromatic carbocycles. The van der Waals surface area contributed by atoms with E-state index >= 15 is 0 Å². The quantitative estimate of drug-likeness (QED) is 0.650. The molecule has 1 atom stereocenters. The highest BCUT2D eigenvalue weighted by molar-refractivity contribution is 6.34. The second kappa shape index (κ2) is 7.44. The van der Waals surface area contributed by atoms with E-state index in [0.29, 0.717) is 6.42 Å². The maximum atomic E-state index is 9.61. The van der Waals surface area contributed by atoms with E-state index in [-0.39, 0.29) is 21.8 Å². The molecule has 4 nitrogen and oxygen atoms in total. The Hall–Kier alpha value is -0.840. The van der Waals surface area contributed by atoms with Crippen molar-refractivity contribution in [1.82, 2.24) is 9.97 Å². The Morgan fingerprint density at radius 2 is 1.81 bits per heavy atom. The molecule has 0 aliphatic rings. The van der Waals surface area contributed by atoms with Crippen molar-refractivity contribution in [1.29, 1.82) is 0 Å². The first kappa shape index (κ1) is 15.2. The lowest BCUT2D eigenvalue weighted by atomic mass is 10.1. The van der Waals surface area contributed by atoms with Gasteiger partial charge in [-0.25, -0.2) is 9.97 Å². The fraction of sp³-hybridized carbons (Fsp3) is 0.400. The maximum absolute atomic E-state index is 9.61. The molecule has 1 unspecified atom stereocenters. The summed E-state index contributed by atoms with van der Waals surface area (Å²) in [5.41, 5.74) is 5.59. The van der Waals surface area contributed by atoms with Gasteiger partial charge in [-0.05, 0) is 6.42 Å². The third-order valence-electron chi connectivity index (χ3n) is 1.59. The van der Waals surface area contributed by atoms with Gasteiger partial charge < -0.3 is 10.8 Å². The largest absolute Gasteiger partial charge is 0.388 e. The smallest absolute Gasteiger partial charge is 0.222 e. The number of anilines is 1. The summed E-state index contributed by atoms with van der Waals surface area (Å²) in [6.07, 6.45) is 1.02. The molecular weight excluding hydrogens is 249 g/mol. The van der Waals surface area contributed by atoms with E-state index in [4.69, 9.17) is 28.9 Å². The van der Waals surface area contributed by atoms with Gasteiger partial charge in [-0.3, -0.25) is 0 Å². The minimum absolute atomic E-state index is 0.0189. The summed E-state index contributed by atoms with van der Waals surface area (Å²) in [4.78, 5) is 7.38. The van der Waals surface area contributed by atoms with E-state index in [0.717, 1.165) is 0 Å². The number of rotatable bonds is 3. The van der Waals surface area contributed by atoms with Gasteiger partial charge in [0.15, 0.2) is 0 Å². The summed E-state index contributed by atoms with van der Waals surface area (Å²) in [5.74, 6) is -0.0189. The molecule has 1 aromatic heterocycles. The molecule has 0 radical (unpaired) electrons. The fourth-order valence-electron chi connectivity index (χ4n) is 0.982. The van der Waals surface area contributed by atoms with E-state index in [1.807, 2.05) is 13.8 Å². The summed E-state index contributed by atoms with van der Waals surface area (Å²) in [7, 11) is 0. The first-order chi connectivity index (χ1) is 7.56. The normalized spacial score (nSPS) is 11.3. The van der Waals surface area contributed by atoms with Gasteiger partial charge in [-0.1, -0.05) is 43.1 Å². The molecule has 0 saturated carbocycles. The zero-order valence-electron chi connectivity index (χ0n) is 9.24. The molecular formula is C10H15Cl2N3O. The van der Waals surface area contributed by atoms with Crippen LogP contribution in [0.25, 0.3) is 0 Å². The molecule has 1 rings (SSSR count). The monoisotopic (exact) mass is 263 g/mol. The molecule has 0 aliphatic heterocycles. The summed E-state index contributed by atoms with van der Waals surface area (Å²) < 4.78 is 0. The van der Waals surface area contributed by atoms with Crippen molar-refractivity contribution >= 4 is 29.2 Å². The van der Waals surface area contributed by atoms with Gasteiger partial charge in [0.2, 0.25) is 5.95 Å². The average Bonchev–Trinajstić information content (AvgIpc) is 2.19. The molecule has 1 heterocycles. The van der Waals surface area contributed by atoms with Crippen LogP contribution in [0.1, 0.15) is 31.9 Å². The van der Waals surface area contributed by atoms with E-state index < -0.39 is 6.10 Å². The summed E-state index contributed by atoms with van der Waals surface area (Å²) in [6, 6.07) is 0. The molecule has 0 spiro atoms. The number of nitrogens with two attached hydrogens (primary N) is 1. The van der Waals surface area contributed by atoms with Crippen LogP contribution in [0.5, 0.6) is 0 Å². The number of aliphatic hydroxyl groups is 1. The van der Waals surface area contributed by atoms with Gasteiger partial charge in [0.05, 0.1) is 11.7 Å². The molecule has 0 bridgehead atoms. The first-order valence-corrected chi connectivity index (χ1v) is 5.59. The lowest BCUT2D eigenvalue weighted by Gasteiger charge is -2.11. The van der Waals surface area contributed by atoms with Gasteiger partial charge >= 0.3 is 0 Å². The number of halogens is 2. The highest BCUT2D eigenvalue weighted by Crippen LogP contribution is 2.30. The van der Waals surface area contributed by atoms with Crippen molar-refractivity contribution in [3.05, 3.63) is 28.5 Å². The van der Waals surface area contributed by atoms with E-state index in [1.54, 1.807) is 6.08 Å². The molecule has 90 valence electrons. The van der Waals surface area contributed by atoms with Crippen LogP contribution < -0.4 is 5.73 Å². The lowest BCUT2D eigenvalue weighted by molar-refractivity contribution is 0.181. The van der Waals surface area contributed by atoms with Crippen LogP contribution in [-0.2, 0) is 0 Å². The SMILES string of the molecule is C=CCC(O)c1c(Cl)nc(N)nc1Cl.CC. The van der Waals surface area contributed by atoms with Crippen LogP contribution in [0.4, 0.5) is 5.95 Å². The maximum Gasteiger partial charge on any atom is 0.222 e. The van der Waals surface area contributed by atoms with Gasteiger partial charge in [-0.15, -0.1) is 6.58 Å². The molecule has 0 amide bonds. The highest BCUT2D eigenvalue weighted by atomic mass is 35.5. The molecule has 0 fully saturated rings. The van der Waals surface area contributed by atoms with E-state index in [9.17, 15) is 5.11 Å². The molecule has 0 saturated heterocycles. The van der Waals surface area contributed by atoms with Crippen molar-refractivity contribution < 1.29 is 5.11 Å². The van der Waals surface area contributed by atoms with Crippen LogP contribution in [0.3, 0.4) is 0 Å². The van der Waals surface area contributed by atoms with Gasteiger partial charge in [0.25, 0.3) is 0 Å². The number of nitrogens with zero attached hydrogens (tertiary/aromatic N) is 2. The Morgan fingerprint density at radius 1 is 1.38 bits per heavy atom. The second-order valence-electron chi connectivity index (χ2n) is 2.62. The molecule has 3 N–H and O–H groups in total. The van der Waals surface area contributed by atoms with Gasteiger partial charge in [-0.2, -0.15) is 0 Å².